The van der Waals surface area contributed by atoms with E-state index in [9.17, 15) is 44.7 Å². The Hall–Kier alpha value is -2.48. The molecule has 2 rings (SSSR count). The molecule has 4 amide bonds. The Morgan fingerprint density at radius 1 is 0.756 bits per heavy atom. The monoisotopic (exact) mass is 650 g/mol. The average Bonchev–Trinajstić information content (AvgIpc) is 3.00. The van der Waals surface area contributed by atoms with Crippen molar-refractivity contribution in [2.45, 2.75) is 120 Å². The third-order valence-corrected chi connectivity index (χ3v) is 7.46. The van der Waals surface area contributed by atoms with Crippen molar-refractivity contribution in [3.63, 3.8) is 0 Å². The molecule has 2 aliphatic heterocycles. The van der Waals surface area contributed by atoms with E-state index in [4.69, 9.17) is 18.9 Å². The number of carbonyl (C=O) groups excluding carboxylic acids is 4. The summed E-state index contributed by atoms with van der Waals surface area (Å²) in [5, 5.41) is 60.0. The summed E-state index contributed by atoms with van der Waals surface area (Å²) in [6, 6.07) is -1.07. The molecule has 0 aromatic heterocycles. The van der Waals surface area contributed by atoms with E-state index in [1.54, 1.807) is 6.92 Å². The molecule has 2 fully saturated rings. The van der Waals surface area contributed by atoms with Gasteiger partial charge in [-0.15, -0.1) is 0 Å². The van der Waals surface area contributed by atoms with Crippen molar-refractivity contribution in [3.05, 3.63) is 0 Å². The summed E-state index contributed by atoms with van der Waals surface area (Å²) >= 11 is 0. The number of aliphatic hydroxyl groups is 5. The van der Waals surface area contributed by atoms with Gasteiger partial charge in [-0.05, 0) is 33.1 Å². The molecule has 0 radical (unpaired) electrons. The Labute approximate surface area is 262 Å². The zero-order valence-electron chi connectivity index (χ0n) is 26.1. The predicted molar refractivity (Wildman–Crippen MR) is 155 cm³/mol. The van der Waals surface area contributed by atoms with Gasteiger partial charge < -0.3 is 65.7 Å². The molecule has 0 spiro atoms. The van der Waals surface area contributed by atoms with Crippen LogP contribution in [0.2, 0.25) is 0 Å². The van der Waals surface area contributed by atoms with Gasteiger partial charge in [-0.25, -0.2) is 0 Å². The number of nitrogens with one attached hydrogen (secondary N) is 4. The number of hydrogen-bond acceptors (Lipinski definition) is 13. The molecule has 17 heteroatoms. The van der Waals surface area contributed by atoms with Crippen molar-refractivity contribution in [2.24, 2.45) is 0 Å². The van der Waals surface area contributed by atoms with E-state index in [-0.39, 0.29) is 70.4 Å². The van der Waals surface area contributed by atoms with Gasteiger partial charge >= 0.3 is 0 Å². The molecule has 260 valence electrons. The standard InChI is InChI=1S/C28H50N4O13/c1-15-14-18(33)23(38)27(44-15)42-12-10-30-20(35)9-8-17(32-21(36)7-5-4-6-19(34)29-3)26(41)31-11-13-43-28-25(40)24(39)22(37)16(2)45-28/h15-18,22-25,27-28,33,37-40H,4-14H2,1-3H3,(H,29,34)(H,30,35)(H,31,41)(H,32,36). The lowest BCUT2D eigenvalue weighted by Crippen LogP contribution is -2.57. The van der Waals surface area contributed by atoms with Gasteiger partial charge in [-0.1, -0.05) is 0 Å². The molecule has 10 unspecified atom stereocenters. The molecule has 2 heterocycles. The second-order valence-corrected chi connectivity index (χ2v) is 11.2. The highest BCUT2D eigenvalue weighted by Gasteiger charge is 2.42. The van der Waals surface area contributed by atoms with Crippen LogP contribution in [0.3, 0.4) is 0 Å². The summed E-state index contributed by atoms with van der Waals surface area (Å²) in [7, 11) is 1.52. The van der Waals surface area contributed by atoms with Crippen molar-refractivity contribution in [1.29, 1.82) is 0 Å². The Bertz CT molecular complexity index is 944. The van der Waals surface area contributed by atoms with Crippen LogP contribution in [-0.2, 0) is 38.1 Å². The second-order valence-electron chi connectivity index (χ2n) is 11.2. The van der Waals surface area contributed by atoms with Crippen LogP contribution >= 0.6 is 0 Å². The highest BCUT2D eigenvalue weighted by molar-refractivity contribution is 5.88. The van der Waals surface area contributed by atoms with Crippen molar-refractivity contribution in [2.75, 3.05) is 33.4 Å². The molecule has 9 N–H and O–H groups in total. The van der Waals surface area contributed by atoms with Gasteiger partial charge in [0.2, 0.25) is 23.6 Å². The maximum atomic E-state index is 12.9. The summed E-state index contributed by atoms with van der Waals surface area (Å²) < 4.78 is 21.7. The number of aliphatic hydroxyl groups excluding tert-OH is 5. The van der Waals surface area contributed by atoms with Gasteiger partial charge in [0.15, 0.2) is 12.6 Å². The summed E-state index contributed by atoms with van der Waals surface area (Å²) in [5.41, 5.74) is 0. The fraction of sp³-hybridized carbons (Fsp3) is 0.857. The number of ether oxygens (including phenoxy) is 4. The molecule has 10 atom stereocenters. The topological polar surface area (TPSA) is 254 Å². The smallest absolute Gasteiger partial charge is 0.242 e. The molecule has 17 nitrogen and oxygen atoms in total. The van der Waals surface area contributed by atoms with Gasteiger partial charge in [0.05, 0.1) is 31.5 Å². The molecule has 0 bridgehead atoms. The highest BCUT2D eigenvalue weighted by Crippen LogP contribution is 2.22. The molecule has 2 aliphatic rings. The lowest BCUT2D eigenvalue weighted by molar-refractivity contribution is -0.292. The van der Waals surface area contributed by atoms with Crippen molar-refractivity contribution in [3.8, 4) is 0 Å². The third kappa shape index (κ3) is 13.4. The first-order chi connectivity index (χ1) is 21.3. The fourth-order valence-corrected chi connectivity index (χ4v) is 4.75. The maximum absolute atomic E-state index is 12.9. The summed E-state index contributed by atoms with van der Waals surface area (Å²) in [4.78, 5) is 49.3. The molecular weight excluding hydrogens is 600 g/mol. The van der Waals surface area contributed by atoms with Crippen LogP contribution in [0.1, 0.15) is 58.8 Å². The van der Waals surface area contributed by atoms with Crippen LogP contribution in [0.15, 0.2) is 0 Å². The lowest BCUT2D eigenvalue weighted by Gasteiger charge is -2.38. The van der Waals surface area contributed by atoms with Crippen molar-refractivity contribution in [1.82, 2.24) is 21.3 Å². The van der Waals surface area contributed by atoms with E-state index in [1.807, 2.05) is 0 Å². The van der Waals surface area contributed by atoms with Crippen molar-refractivity contribution < 1.29 is 63.7 Å². The first-order valence-corrected chi connectivity index (χ1v) is 15.3. The number of amides is 4. The van der Waals surface area contributed by atoms with Gasteiger partial charge in [0.25, 0.3) is 0 Å². The Morgan fingerprint density at radius 2 is 1.36 bits per heavy atom. The number of unbranched alkanes of at least 4 members (excludes halogenated alkanes) is 1. The molecule has 0 aliphatic carbocycles. The summed E-state index contributed by atoms with van der Waals surface area (Å²) in [6.45, 7) is 3.14. The Morgan fingerprint density at radius 3 is 2.00 bits per heavy atom. The highest BCUT2D eigenvalue weighted by atomic mass is 16.7. The molecule has 0 saturated carbocycles. The second kappa shape index (κ2) is 19.9. The number of carbonyl (C=O) groups is 4. The minimum Gasteiger partial charge on any atom is -0.390 e. The van der Waals surface area contributed by atoms with Gasteiger partial charge in [-0.2, -0.15) is 0 Å². The SMILES string of the molecule is CNC(=O)CCCCC(=O)NC(CCC(=O)NCCOC1OC(C)CC(O)C1O)C(=O)NCCOC1OC(C)C(O)C(O)C1O. The quantitative estimate of drug-likeness (QED) is 0.0654. The first-order valence-electron chi connectivity index (χ1n) is 15.3. The summed E-state index contributed by atoms with van der Waals surface area (Å²) in [6.07, 6.45) is -8.45. The third-order valence-electron chi connectivity index (χ3n) is 7.46. The van der Waals surface area contributed by atoms with E-state index < -0.39 is 73.0 Å². The largest absolute Gasteiger partial charge is 0.390 e. The van der Waals surface area contributed by atoms with E-state index in [0.29, 0.717) is 12.8 Å². The molecule has 0 aromatic carbocycles. The van der Waals surface area contributed by atoms with Crippen LogP contribution < -0.4 is 21.3 Å². The lowest BCUT2D eigenvalue weighted by atomic mass is 10.0. The van der Waals surface area contributed by atoms with Crippen LogP contribution in [0.5, 0.6) is 0 Å². The zero-order chi connectivity index (χ0) is 33.5. The minimum atomic E-state index is -1.50. The van der Waals surface area contributed by atoms with Gasteiger partial charge in [0, 0.05) is 45.8 Å². The Kier molecular flexibility index (Phi) is 17.1. The number of rotatable bonds is 18. The average molecular weight is 651 g/mol. The molecule has 45 heavy (non-hydrogen) atoms. The minimum absolute atomic E-state index is 0.00220. The molecule has 0 aromatic rings. The molecular formula is C28H50N4O13. The van der Waals surface area contributed by atoms with Crippen molar-refractivity contribution >= 4 is 23.6 Å². The van der Waals surface area contributed by atoms with Crippen LogP contribution in [0, 0.1) is 0 Å². The van der Waals surface area contributed by atoms with E-state index in [0.717, 1.165) is 0 Å². The zero-order valence-corrected chi connectivity index (χ0v) is 26.1. The van der Waals surface area contributed by atoms with Gasteiger partial charge in [0.1, 0.15) is 30.5 Å². The Balaban J connectivity index is 1.81. The number of hydrogen-bond donors (Lipinski definition) is 9. The first kappa shape index (κ1) is 38.7. The predicted octanol–water partition coefficient (Wildman–Crippen LogP) is -3.49. The van der Waals surface area contributed by atoms with Gasteiger partial charge in [-0.3, -0.25) is 19.2 Å². The molecule has 2 saturated heterocycles. The van der Waals surface area contributed by atoms with Crippen LogP contribution in [-0.4, -0.2) is 144 Å². The van der Waals surface area contributed by atoms with E-state index in [2.05, 4.69) is 21.3 Å². The van der Waals surface area contributed by atoms with Crippen LogP contribution in [0.4, 0.5) is 0 Å². The summed E-state index contributed by atoms with van der Waals surface area (Å²) in [5.74, 6) is -1.58. The van der Waals surface area contributed by atoms with Crippen LogP contribution in [0.25, 0.3) is 0 Å². The normalized spacial score (nSPS) is 30.6. The van der Waals surface area contributed by atoms with E-state index >= 15 is 0 Å². The fourth-order valence-electron chi connectivity index (χ4n) is 4.75. The maximum Gasteiger partial charge on any atom is 0.242 e. The van der Waals surface area contributed by atoms with E-state index in [1.165, 1.54) is 14.0 Å².